The number of aliphatic hydroxyl groups is 1. The van der Waals surface area contributed by atoms with E-state index in [4.69, 9.17) is 4.74 Å². The van der Waals surface area contributed by atoms with Gasteiger partial charge in [-0.25, -0.2) is 9.18 Å². The minimum atomic E-state index is -1.36. The van der Waals surface area contributed by atoms with Gasteiger partial charge >= 0.3 is 6.09 Å². The third kappa shape index (κ3) is 9.18. The predicted octanol–water partition coefficient (Wildman–Crippen LogP) is 5.42. The number of carbonyl (C=O) groups excluding carboxylic acids is 2. The maximum absolute atomic E-state index is 13.4. The first-order chi connectivity index (χ1) is 18.5. The lowest BCUT2D eigenvalue weighted by molar-refractivity contribution is -0.127. The highest BCUT2D eigenvalue weighted by molar-refractivity contribution is 5.90. The van der Waals surface area contributed by atoms with Crippen molar-refractivity contribution in [1.29, 1.82) is 0 Å². The van der Waals surface area contributed by atoms with Crippen LogP contribution in [0.4, 0.5) is 9.18 Å². The summed E-state index contributed by atoms with van der Waals surface area (Å²) in [5.74, 6) is -0.845. The number of aromatic nitrogens is 1. The number of rotatable bonds is 12. The number of hydrogen-bond donors (Lipinski definition) is 3. The molecule has 2 atom stereocenters. The van der Waals surface area contributed by atoms with Crippen LogP contribution in [0, 0.1) is 11.2 Å². The fraction of sp³-hybridized carbons (Fsp3) is 0.387. The molecule has 0 spiro atoms. The Bertz CT molecular complexity index is 1220. The van der Waals surface area contributed by atoms with Crippen molar-refractivity contribution in [2.75, 3.05) is 6.54 Å². The molecule has 0 aliphatic rings. The van der Waals surface area contributed by atoms with Crippen molar-refractivity contribution in [2.45, 2.75) is 65.2 Å². The van der Waals surface area contributed by atoms with Crippen LogP contribution >= 0.6 is 0 Å². The van der Waals surface area contributed by atoms with E-state index in [0.717, 1.165) is 29.3 Å². The van der Waals surface area contributed by atoms with Crippen LogP contribution in [0.1, 0.15) is 51.7 Å². The summed E-state index contributed by atoms with van der Waals surface area (Å²) in [5, 5.41) is 16.1. The topological polar surface area (TPSA) is 101 Å². The van der Waals surface area contributed by atoms with E-state index < -0.39 is 29.5 Å². The minimum Gasteiger partial charge on any atom is -0.445 e. The number of benzene rings is 2. The van der Waals surface area contributed by atoms with E-state index in [0.29, 0.717) is 12.1 Å². The largest absolute Gasteiger partial charge is 0.445 e. The Morgan fingerprint density at radius 1 is 1.00 bits per heavy atom. The molecule has 0 bridgehead atoms. The standard InChI is InChI=1S/C31H38FN3O4/c1-5-30(2,3)18-26(36)20-34-28(37)31(4,35-29(38)39-21-23-9-7-6-8-10-23)17-22-11-13-24(14-12-22)27-16-15-25(32)19-33-27/h6-16,19,26,36H,5,17-18,20-21H2,1-4H3,(H,34,37)(H,35,38). The first kappa shape index (κ1) is 29.8. The second kappa shape index (κ2) is 13.3. The van der Waals surface area contributed by atoms with Crippen molar-refractivity contribution in [3.05, 3.63) is 89.9 Å². The summed E-state index contributed by atoms with van der Waals surface area (Å²) in [7, 11) is 0. The summed E-state index contributed by atoms with van der Waals surface area (Å²) in [6.07, 6.45) is 1.32. The number of pyridine rings is 1. The quantitative estimate of drug-likeness (QED) is 0.288. The summed E-state index contributed by atoms with van der Waals surface area (Å²) in [6, 6.07) is 19.5. The molecule has 39 heavy (non-hydrogen) atoms. The van der Waals surface area contributed by atoms with Crippen LogP contribution in [0.3, 0.4) is 0 Å². The van der Waals surface area contributed by atoms with Crippen molar-refractivity contribution in [1.82, 2.24) is 15.6 Å². The molecule has 1 heterocycles. The van der Waals surface area contributed by atoms with E-state index in [2.05, 4.69) is 36.4 Å². The fourth-order valence-electron chi connectivity index (χ4n) is 4.17. The molecule has 208 valence electrons. The molecule has 1 aromatic heterocycles. The van der Waals surface area contributed by atoms with Gasteiger partial charge in [-0.15, -0.1) is 0 Å². The molecule has 7 nitrogen and oxygen atoms in total. The molecular formula is C31H38FN3O4. The number of hydrogen-bond acceptors (Lipinski definition) is 5. The number of aliphatic hydroxyl groups excluding tert-OH is 1. The molecule has 0 aliphatic heterocycles. The Hall–Kier alpha value is -3.78. The summed E-state index contributed by atoms with van der Waals surface area (Å²) in [6.45, 7) is 7.95. The second-order valence-corrected chi connectivity index (χ2v) is 10.8. The van der Waals surface area contributed by atoms with Crippen LogP contribution < -0.4 is 10.6 Å². The highest BCUT2D eigenvalue weighted by Crippen LogP contribution is 2.26. The maximum Gasteiger partial charge on any atom is 0.408 e. The molecule has 3 rings (SSSR count). The van der Waals surface area contributed by atoms with Crippen LogP contribution in [0.15, 0.2) is 72.9 Å². The van der Waals surface area contributed by atoms with Gasteiger partial charge in [0.2, 0.25) is 5.91 Å². The first-order valence-electron chi connectivity index (χ1n) is 13.2. The molecule has 0 saturated carbocycles. The van der Waals surface area contributed by atoms with Crippen LogP contribution in [0.5, 0.6) is 0 Å². The normalized spacial score (nSPS) is 13.7. The first-order valence-corrected chi connectivity index (χ1v) is 13.2. The molecule has 2 aromatic carbocycles. The predicted molar refractivity (Wildman–Crippen MR) is 149 cm³/mol. The third-order valence-corrected chi connectivity index (χ3v) is 6.87. The molecule has 0 fully saturated rings. The van der Waals surface area contributed by atoms with Gasteiger partial charge in [0.25, 0.3) is 0 Å². The molecule has 0 saturated heterocycles. The van der Waals surface area contributed by atoms with Crippen LogP contribution in [0.2, 0.25) is 0 Å². The third-order valence-electron chi connectivity index (χ3n) is 6.87. The van der Waals surface area contributed by atoms with Gasteiger partial charge in [-0.3, -0.25) is 9.78 Å². The van der Waals surface area contributed by atoms with Gasteiger partial charge in [0.15, 0.2) is 0 Å². The van der Waals surface area contributed by atoms with E-state index in [9.17, 15) is 19.1 Å². The molecular weight excluding hydrogens is 497 g/mol. The van der Waals surface area contributed by atoms with Gasteiger partial charge < -0.3 is 20.5 Å². The number of nitrogens with zero attached hydrogens (tertiary/aromatic N) is 1. The van der Waals surface area contributed by atoms with Crippen molar-refractivity contribution in [3.63, 3.8) is 0 Å². The average molecular weight is 536 g/mol. The Morgan fingerprint density at radius 3 is 2.31 bits per heavy atom. The monoisotopic (exact) mass is 535 g/mol. The zero-order valence-corrected chi connectivity index (χ0v) is 23.0. The van der Waals surface area contributed by atoms with Crippen LogP contribution in [-0.4, -0.2) is 40.3 Å². The van der Waals surface area contributed by atoms with Gasteiger partial charge in [-0.2, -0.15) is 0 Å². The Balaban J connectivity index is 1.73. The van der Waals surface area contributed by atoms with Crippen LogP contribution in [0.25, 0.3) is 11.3 Å². The van der Waals surface area contributed by atoms with Gasteiger partial charge in [0.1, 0.15) is 18.0 Å². The zero-order chi connectivity index (χ0) is 28.5. The lowest BCUT2D eigenvalue weighted by atomic mass is 9.84. The van der Waals surface area contributed by atoms with E-state index in [1.165, 1.54) is 6.07 Å². The SMILES string of the molecule is CCC(C)(C)CC(O)CNC(=O)C(C)(Cc1ccc(-c2ccc(F)cn2)cc1)NC(=O)OCc1ccccc1. The number of ether oxygens (including phenoxy) is 1. The number of nitrogens with one attached hydrogen (secondary N) is 2. The average Bonchev–Trinajstić information content (AvgIpc) is 2.92. The molecule has 8 heteroatoms. The minimum absolute atomic E-state index is 0.0614. The maximum atomic E-state index is 13.4. The summed E-state index contributed by atoms with van der Waals surface area (Å²) in [5.41, 5.74) is 1.61. The Kier molecular flexibility index (Phi) is 10.2. The van der Waals surface area contributed by atoms with Crippen molar-refractivity contribution in [3.8, 4) is 11.3 Å². The second-order valence-electron chi connectivity index (χ2n) is 10.8. The number of alkyl carbamates (subject to hydrolysis) is 1. The highest BCUT2D eigenvalue weighted by atomic mass is 19.1. The molecule has 2 unspecified atom stereocenters. The van der Waals surface area contributed by atoms with Gasteiger partial charge in [-0.05, 0) is 42.0 Å². The fourth-order valence-corrected chi connectivity index (χ4v) is 4.17. The number of amides is 2. The van der Waals surface area contributed by atoms with E-state index >= 15 is 0 Å². The summed E-state index contributed by atoms with van der Waals surface area (Å²) < 4.78 is 18.6. The van der Waals surface area contributed by atoms with Gasteiger partial charge in [0, 0.05) is 18.5 Å². The van der Waals surface area contributed by atoms with Crippen molar-refractivity contribution < 1.29 is 23.8 Å². The zero-order valence-electron chi connectivity index (χ0n) is 23.0. The van der Waals surface area contributed by atoms with Crippen molar-refractivity contribution >= 4 is 12.0 Å². The van der Waals surface area contributed by atoms with Gasteiger partial charge in [-0.1, -0.05) is 81.8 Å². The Morgan fingerprint density at radius 2 is 1.69 bits per heavy atom. The van der Waals surface area contributed by atoms with Crippen LogP contribution in [-0.2, 0) is 22.6 Å². The van der Waals surface area contributed by atoms with E-state index in [1.807, 2.05) is 54.6 Å². The summed E-state index contributed by atoms with van der Waals surface area (Å²) in [4.78, 5) is 30.3. The molecule has 0 aliphatic carbocycles. The molecule has 3 aromatic rings. The smallest absolute Gasteiger partial charge is 0.408 e. The number of carbonyl (C=O) groups is 2. The Labute approximate surface area is 229 Å². The van der Waals surface area contributed by atoms with Gasteiger partial charge in [0.05, 0.1) is 18.0 Å². The molecule has 3 N–H and O–H groups in total. The lowest BCUT2D eigenvalue weighted by Crippen LogP contribution is -2.59. The summed E-state index contributed by atoms with van der Waals surface area (Å²) >= 11 is 0. The van der Waals surface area contributed by atoms with E-state index in [1.54, 1.807) is 13.0 Å². The highest BCUT2D eigenvalue weighted by Gasteiger charge is 2.36. The molecule has 2 amide bonds. The van der Waals surface area contributed by atoms with Crippen molar-refractivity contribution in [2.24, 2.45) is 5.41 Å². The number of halogens is 1. The lowest BCUT2D eigenvalue weighted by Gasteiger charge is -2.31. The molecule has 0 radical (unpaired) electrons. The van der Waals surface area contributed by atoms with E-state index in [-0.39, 0.29) is 25.0 Å².